The van der Waals surface area contributed by atoms with Gasteiger partial charge < -0.3 is 5.32 Å². The highest BCUT2D eigenvalue weighted by Gasteiger charge is 2.19. The molecule has 1 aromatic rings. The van der Waals surface area contributed by atoms with Gasteiger partial charge in [0.15, 0.2) is 0 Å². The van der Waals surface area contributed by atoms with E-state index < -0.39 is 0 Å². The van der Waals surface area contributed by atoms with E-state index in [2.05, 4.69) is 10.2 Å². The Morgan fingerprint density at radius 2 is 2.05 bits per heavy atom. The molecule has 4 nitrogen and oxygen atoms in total. The number of nitrogens with one attached hydrogen (secondary N) is 1. The van der Waals surface area contributed by atoms with Crippen molar-refractivity contribution in [2.45, 2.75) is 44.6 Å². The molecule has 0 saturated heterocycles. The van der Waals surface area contributed by atoms with E-state index in [-0.39, 0.29) is 5.91 Å². The molecule has 0 unspecified atom stereocenters. The zero-order chi connectivity index (χ0) is 15.9. The Balaban J connectivity index is 1.89. The molecule has 1 fully saturated rings. The van der Waals surface area contributed by atoms with Gasteiger partial charge in [-0.25, -0.2) is 0 Å². The van der Waals surface area contributed by atoms with Crippen molar-refractivity contribution in [1.29, 1.82) is 5.26 Å². The molecule has 0 radical (unpaired) electrons. The third-order valence-electron chi connectivity index (χ3n) is 4.21. The molecule has 0 aromatic heterocycles. The average Bonchev–Trinajstić information content (AvgIpc) is 2.76. The minimum atomic E-state index is -0.0486. The molecule has 0 heterocycles. The van der Waals surface area contributed by atoms with Crippen LogP contribution in [0.3, 0.4) is 0 Å². The van der Waals surface area contributed by atoms with Gasteiger partial charge in [-0.1, -0.05) is 37.3 Å². The van der Waals surface area contributed by atoms with Gasteiger partial charge in [0.25, 0.3) is 0 Å². The molecule has 118 valence electrons. The monoisotopic (exact) mass is 319 g/mol. The van der Waals surface area contributed by atoms with E-state index in [9.17, 15) is 4.79 Å². The van der Waals surface area contributed by atoms with Crippen molar-refractivity contribution in [2.24, 2.45) is 0 Å². The molecule has 0 aliphatic heterocycles. The van der Waals surface area contributed by atoms with Crippen LogP contribution in [0.1, 0.15) is 44.1 Å². The lowest BCUT2D eigenvalue weighted by Gasteiger charge is -2.26. The minimum Gasteiger partial charge on any atom is -0.325 e. The van der Waals surface area contributed by atoms with E-state index >= 15 is 0 Å². The van der Waals surface area contributed by atoms with Crippen molar-refractivity contribution >= 4 is 23.2 Å². The summed E-state index contributed by atoms with van der Waals surface area (Å²) in [5.41, 5.74) is 1.04. The Bertz CT molecular complexity index is 560. The first-order valence-corrected chi connectivity index (χ1v) is 8.17. The van der Waals surface area contributed by atoms with Crippen LogP contribution < -0.4 is 5.32 Å². The van der Waals surface area contributed by atoms with E-state index in [1.807, 2.05) is 13.1 Å². The highest BCUT2D eigenvalue weighted by molar-refractivity contribution is 6.32. The number of anilines is 1. The van der Waals surface area contributed by atoms with Crippen molar-refractivity contribution in [3.63, 3.8) is 0 Å². The molecule has 5 heteroatoms. The van der Waals surface area contributed by atoms with Gasteiger partial charge in [-0.3, -0.25) is 9.69 Å². The molecular weight excluding hydrogens is 298 g/mol. The highest BCUT2D eigenvalue weighted by atomic mass is 35.5. The van der Waals surface area contributed by atoms with Gasteiger partial charge in [0.05, 0.1) is 17.1 Å². The van der Waals surface area contributed by atoms with Crippen LogP contribution in [0.4, 0.5) is 5.69 Å². The first-order valence-electron chi connectivity index (χ1n) is 7.80. The van der Waals surface area contributed by atoms with Crippen LogP contribution in [0.5, 0.6) is 0 Å². The summed E-state index contributed by atoms with van der Waals surface area (Å²) in [6, 6.07) is 7.44. The van der Waals surface area contributed by atoms with Gasteiger partial charge in [0.2, 0.25) is 5.91 Å². The molecule has 0 atom stereocenters. The summed E-state index contributed by atoms with van der Waals surface area (Å²) >= 11 is 5.97. The molecule has 1 saturated carbocycles. The predicted molar refractivity (Wildman–Crippen MR) is 88.9 cm³/mol. The molecule has 1 amide bonds. The summed E-state index contributed by atoms with van der Waals surface area (Å²) < 4.78 is 0. The predicted octanol–water partition coefficient (Wildman–Crippen LogP) is 3.80. The fourth-order valence-corrected chi connectivity index (χ4v) is 3.16. The minimum absolute atomic E-state index is 0.0486. The number of carbonyl (C=O) groups excluding carboxylic acids is 1. The Morgan fingerprint density at radius 1 is 1.36 bits per heavy atom. The molecule has 1 N–H and O–H groups in total. The van der Waals surface area contributed by atoms with Gasteiger partial charge in [-0.05, 0) is 38.1 Å². The van der Waals surface area contributed by atoms with E-state index in [1.165, 1.54) is 38.5 Å². The summed E-state index contributed by atoms with van der Waals surface area (Å²) in [5, 5.41) is 12.1. The number of likely N-dealkylation sites (N-methyl/N-ethyl adjacent to an activating group) is 1. The number of benzene rings is 1. The number of nitriles is 1. The van der Waals surface area contributed by atoms with Crippen molar-refractivity contribution in [3.05, 3.63) is 28.8 Å². The Hall–Kier alpha value is -1.57. The molecule has 0 bridgehead atoms. The summed E-state index contributed by atoms with van der Waals surface area (Å²) in [6.45, 7) is 0.377. The van der Waals surface area contributed by atoms with Crippen LogP contribution in [0.15, 0.2) is 18.2 Å². The van der Waals surface area contributed by atoms with Crippen LogP contribution in [-0.4, -0.2) is 30.4 Å². The zero-order valence-electron chi connectivity index (χ0n) is 12.9. The van der Waals surface area contributed by atoms with Crippen LogP contribution in [0.2, 0.25) is 5.02 Å². The first-order chi connectivity index (χ1) is 10.6. The lowest BCUT2D eigenvalue weighted by molar-refractivity contribution is -0.117. The molecular formula is C17H22ClN3O. The Morgan fingerprint density at radius 3 is 2.64 bits per heavy atom. The lowest BCUT2D eigenvalue weighted by atomic mass is 10.1. The maximum atomic E-state index is 12.2. The summed E-state index contributed by atoms with van der Waals surface area (Å²) in [6.07, 6.45) is 7.46. The van der Waals surface area contributed by atoms with E-state index in [0.717, 1.165) is 0 Å². The number of halogens is 1. The van der Waals surface area contributed by atoms with Crippen molar-refractivity contribution in [2.75, 3.05) is 18.9 Å². The second-order valence-electron chi connectivity index (χ2n) is 5.92. The molecule has 1 aromatic carbocycles. The number of nitrogens with zero attached hydrogens (tertiary/aromatic N) is 2. The van der Waals surface area contributed by atoms with Crippen LogP contribution in [0.25, 0.3) is 0 Å². The SMILES string of the molecule is CN(CC(=O)Nc1ccc(C#N)c(Cl)c1)C1CCCCCC1. The largest absolute Gasteiger partial charge is 0.325 e. The maximum absolute atomic E-state index is 12.2. The van der Waals surface area contributed by atoms with Crippen LogP contribution >= 0.6 is 11.6 Å². The number of amides is 1. The third kappa shape index (κ3) is 4.72. The Labute approximate surface area is 137 Å². The van der Waals surface area contributed by atoms with Crippen molar-refractivity contribution < 1.29 is 4.79 Å². The summed E-state index contributed by atoms with van der Waals surface area (Å²) in [7, 11) is 2.02. The number of rotatable bonds is 4. The topological polar surface area (TPSA) is 56.1 Å². The molecule has 2 rings (SSSR count). The third-order valence-corrected chi connectivity index (χ3v) is 4.53. The second kappa shape index (κ2) is 8.17. The molecule has 1 aliphatic rings. The molecule has 22 heavy (non-hydrogen) atoms. The van der Waals surface area contributed by atoms with Gasteiger partial charge >= 0.3 is 0 Å². The normalized spacial score (nSPS) is 16.1. The fraction of sp³-hybridized carbons (Fsp3) is 0.529. The quantitative estimate of drug-likeness (QED) is 0.859. The standard InChI is InChI=1S/C17H22ClN3O/c1-21(15-6-4-2-3-5-7-15)12-17(22)20-14-9-8-13(11-19)16(18)10-14/h8-10,15H,2-7,12H2,1H3,(H,20,22). The number of carbonyl (C=O) groups is 1. The van der Waals surface area contributed by atoms with Gasteiger partial charge in [0.1, 0.15) is 6.07 Å². The van der Waals surface area contributed by atoms with Gasteiger partial charge in [-0.2, -0.15) is 5.26 Å². The summed E-state index contributed by atoms with van der Waals surface area (Å²) in [5.74, 6) is -0.0486. The average molecular weight is 320 g/mol. The van der Waals surface area contributed by atoms with Crippen molar-refractivity contribution in [3.8, 4) is 6.07 Å². The maximum Gasteiger partial charge on any atom is 0.238 e. The second-order valence-corrected chi connectivity index (χ2v) is 6.32. The lowest BCUT2D eigenvalue weighted by Crippen LogP contribution is -2.37. The number of hydrogen-bond acceptors (Lipinski definition) is 3. The molecule has 0 spiro atoms. The van der Waals surface area contributed by atoms with Crippen LogP contribution in [-0.2, 0) is 4.79 Å². The Kier molecular flexibility index (Phi) is 6.23. The fourth-order valence-electron chi connectivity index (χ4n) is 2.94. The van der Waals surface area contributed by atoms with E-state index in [1.54, 1.807) is 18.2 Å². The zero-order valence-corrected chi connectivity index (χ0v) is 13.7. The number of hydrogen-bond donors (Lipinski definition) is 1. The van der Waals surface area contributed by atoms with Crippen LogP contribution in [0, 0.1) is 11.3 Å². The van der Waals surface area contributed by atoms with E-state index in [4.69, 9.17) is 16.9 Å². The highest BCUT2D eigenvalue weighted by Crippen LogP contribution is 2.22. The summed E-state index contributed by atoms with van der Waals surface area (Å²) in [4.78, 5) is 14.3. The van der Waals surface area contributed by atoms with Gasteiger partial charge in [-0.15, -0.1) is 0 Å². The van der Waals surface area contributed by atoms with E-state index in [0.29, 0.717) is 28.9 Å². The first kappa shape index (κ1) is 16.8. The van der Waals surface area contributed by atoms with Crippen molar-refractivity contribution in [1.82, 2.24) is 4.90 Å². The molecule has 1 aliphatic carbocycles. The smallest absolute Gasteiger partial charge is 0.238 e. The van der Waals surface area contributed by atoms with Gasteiger partial charge in [0, 0.05) is 11.7 Å².